The average Bonchev–Trinajstić information content (AvgIpc) is 4.05. The molecular formula is C68H58BN3O. The zero-order valence-corrected chi connectivity index (χ0v) is 42.7. The number of hydrogen-bond donors (Lipinski definition) is 0. The molecular weight excluding hydrogens is 886 g/mol. The molecule has 1 saturated carbocycles. The van der Waals surface area contributed by atoms with Gasteiger partial charge in [-0.1, -0.05) is 156 Å². The lowest BCUT2D eigenvalue weighted by atomic mass is 9.33. The molecule has 73 heavy (non-hydrogen) atoms. The van der Waals surface area contributed by atoms with Crippen LogP contribution in [0.3, 0.4) is 0 Å². The molecule has 3 aliphatic heterocycles. The maximum atomic E-state index is 7.03. The molecule has 5 heteroatoms. The number of hydrogen-bond acceptors (Lipinski definition) is 4. The number of rotatable bonds is 4. The van der Waals surface area contributed by atoms with Crippen molar-refractivity contribution in [3.63, 3.8) is 0 Å². The highest BCUT2D eigenvalue weighted by Crippen LogP contribution is 2.62. The minimum absolute atomic E-state index is 0.0284. The molecule has 2 atom stereocenters. The smallest absolute Gasteiger partial charge is 0.252 e. The van der Waals surface area contributed by atoms with E-state index in [0.717, 1.165) is 46.9 Å². The monoisotopic (exact) mass is 943 g/mol. The van der Waals surface area contributed by atoms with Crippen molar-refractivity contribution in [2.45, 2.75) is 90.0 Å². The number of fused-ring (bicyclic) bond motifs is 13. The summed E-state index contributed by atoms with van der Waals surface area (Å²) >= 11 is 0. The first-order chi connectivity index (χ1) is 35.5. The summed E-state index contributed by atoms with van der Waals surface area (Å²) in [5.41, 5.74) is 27.3. The Labute approximate surface area is 429 Å². The van der Waals surface area contributed by atoms with E-state index >= 15 is 0 Å². The molecule has 354 valence electrons. The third kappa shape index (κ3) is 5.97. The van der Waals surface area contributed by atoms with Gasteiger partial charge in [-0.3, -0.25) is 0 Å². The molecule has 1 fully saturated rings. The highest BCUT2D eigenvalue weighted by molar-refractivity contribution is 7.00. The Bertz CT molecular complexity index is 3970. The lowest BCUT2D eigenvalue weighted by Gasteiger charge is -2.50. The van der Waals surface area contributed by atoms with E-state index < -0.39 is 0 Å². The first-order valence-corrected chi connectivity index (χ1v) is 26.6. The van der Waals surface area contributed by atoms with Crippen LogP contribution in [-0.4, -0.2) is 12.3 Å². The Balaban J connectivity index is 1.00. The topological polar surface area (TPSA) is 22.9 Å². The standard InChI is InChI=1S/C68H58BN3O/c1-42-35-61-64-62(36-42)71(59-23-16-22-52-51-21-12-13-24-63(51)73-65(52)59)60-41-49(72-57-31-26-44(43-17-8-7-9-18-43)38-54(57)67(5)33-14-15-34-68(67,72)6)29-30-55(60)69(64)56-39-47(66(2,3)4)27-32-58(56)70(61)48-28-25-46-37-45-19-10-11-20-50(45)53(46)40-48/h7-13,16-32,35-36,38-41H,14-15,33-34,37H2,1-6H3. The van der Waals surface area contributed by atoms with E-state index in [1.165, 1.54) is 119 Å². The van der Waals surface area contributed by atoms with Crippen LogP contribution in [0.2, 0.25) is 0 Å². The van der Waals surface area contributed by atoms with E-state index in [0.29, 0.717) is 0 Å². The van der Waals surface area contributed by atoms with Crippen molar-refractivity contribution in [3.8, 4) is 22.3 Å². The van der Waals surface area contributed by atoms with E-state index in [1.54, 1.807) is 0 Å². The van der Waals surface area contributed by atoms with Crippen LogP contribution < -0.4 is 31.1 Å². The van der Waals surface area contributed by atoms with Crippen molar-refractivity contribution in [3.05, 3.63) is 210 Å². The van der Waals surface area contributed by atoms with Gasteiger partial charge < -0.3 is 19.1 Å². The minimum Gasteiger partial charge on any atom is -0.454 e. The highest BCUT2D eigenvalue weighted by Gasteiger charge is 2.58. The average molecular weight is 944 g/mol. The summed E-state index contributed by atoms with van der Waals surface area (Å²) in [6.07, 6.45) is 5.70. The number of nitrogens with zero attached hydrogens (tertiary/aromatic N) is 3. The van der Waals surface area contributed by atoms with Crippen LogP contribution in [0.15, 0.2) is 186 Å². The lowest BCUT2D eigenvalue weighted by Crippen LogP contribution is -2.61. The predicted molar refractivity (Wildman–Crippen MR) is 308 cm³/mol. The fourth-order valence-corrected chi connectivity index (χ4v) is 14.4. The summed E-state index contributed by atoms with van der Waals surface area (Å²) in [4.78, 5) is 7.92. The van der Waals surface area contributed by atoms with Crippen LogP contribution in [-0.2, 0) is 17.3 Å². The van der Waals surface area contributed by atoms with Crippen molar-refractivity contribution in [2.24, 2.45) is 0 Å². The van der Waals surface area contributed by atoms with Crippen LogP contribution in [0, 0.1) is 6.92 Å². The van der Waals surface area contributed by atoms with Gasteiger partial charge in [0.2, 0.25) is 0 Å². The van der Waals surface area contributed by atoms with Crippen molar-refractivity contribution in [1.29, 1.82) is 0 Å². The van der Waals surface area contributed by atoms with Crippen LogP contribution in [0.4, 0.5) is 45.5 Å². The molecule has 4 heterocycles. The molecule has 1 aromatic heterocycles. The molecule has 9 aromatic carbocycles. The van der Waals surface area contributed by atoms with Crippen molar-refractivity contribution in [2.75, 3.05) is 14.7 Å². The third-order valence-corrected chi connectivity index (χ3v) is 18.2. The molecule has 10 aromatic rings. The molecule has 5 aliphatic rings. The van der Waals surface area contributed by atoms with Gasteiger partial charge >= 0.3 is 0 Å². The van der Waals surface area contributed by atoms with Gasteiger partial charge in [0, 0.05) is 56.0 Å². The maximum absolute atomic E-state index is 7.03. The predicted octanol–water partition coefficient (Wildman–Crippen LogP) is 16.3. The number of para-hydroxylation sites is 2. The van der Waals surface area contributed by atoms with E-state index in [1.807, 2.05) is 0 Å². The fourth-order valence-electron chi connectivity index (χ4n) is 14.4. The minimum atomic E-state index is -0.132. The molecule has 0 saturated heterocycles. The Morgan fingerprint density at radius 3 is 2.12 bits per heavy atom. The van der Waals surface area contributed by atoms with E-state index in [-0.39, 0.29) is 23.1 Å². The SMILES string of the molecule is Cc1cc2c3c(c1)N(c1cccc4c1oc1ccccc14)c1cc(N4c5ccc(-c6ccccc6)cc5C5(C)CCCCC45C)ccc1B3c1cc(C(C)(C)C)ccc1N2c1ccc2c(c1)-c1ccccc1C2. The van der Waals surface area contributed by atoms with E-state index in [4.69, 9.17) is 4.42 Å². The zero-order valence-electron chi connectivity index (χ0n) is 42.7. The van der Waals surface area contributed by atoms with Gasteiger partial charge in [-0.05, 0) is 172 Å². The van der Waals surface area contributed by atoms with Gasteiger partial charge in [0.05, 0.1) is 11.2 Å². The molecule has 15 rings (SSSR count). The first kappa shape index (κ1) is 42.9. The third-order valence-electron chi connectivity index (χ3n) is 18.2. The van der Waals surface area contributed by atoms with Crippen molar-refractivity contribution < 1.29 is 4.42 Å². The summed E-state index contributed by atoms with van der Waals surface area (Å²) in [5.74, 6) is 0. The van der Waals surface area contributed by atoms with Gasteiger partial charge in [-0.15, -0.1) is 0 Å². The summed E-state index contributed by atoms with van der Waals surface area (Å²) in [6, 6.07) is 69.5. The Hall–Kier alpha value is -7.76. The van der Waals surface area contributed by atoms with Gasteiger partial charge in [-0.2, -0.15) is 0 Å². The summed E-state index contributed by atoms with van der Waals surface area (Å²) < 4.78 is 7.03. The number of benzene rings is 9. The summed E-state index contributed by atoms with van der Waals surface area (Å²) in [6.45, 7) is 14.4. The normalized spacial score (nSPS) is 19.1. The molecule has 0 N–H and O–H groups in total. The van der Waals surface area contributed by atoms with Crippen molar-refractivity contribution >= 4 is 90.5 Å². The molecule has 0 bridgehead atoms. The van der Waals surface area contributed by atoms with Crippen molar-refractivity contribution in [1.82, 2.24) is 0 Å². The van der Waals surface area contributed by atoms with E-state index in [2.05, 4.69) is 238 Å². The van der Waals surface area contributed by atoms with Crippen LogP contribution in [0.1, 0.15) is 88.1 Å². The molecule has 2 aliphatic carbocycles. The van der Waals surface area contributed by atoms with Crippen LogP contribution >= 0.6 is 0 Å². The Morgan fingerprint density at radius 1 is 0.521 bits per heavy atom. The zero-order chi connectivity index (χ0) is 49.1. The Kier molecular flexibility index (Phi) is 8.90. The molecule has 0 spiro atoms. The maximum Gasteiger partial charge on any atom is 0.252 e. The number of anilines is 8. The number of furan rings is 1. The van der Waals surface area contributed by atoms with Gasteiger partial charge in [0.1, 0.15) is 5.58 Å². The molecule has 0 amide bonds. The second-order valence-electron chi connectivity index (χ2n) is 23.3. The van der Waals surface area contributed by atoms with Gasteiger partial charge in [0.25, 0.3) is 6.71 Å². The van der Waals surface area contributed by atoms with Crippen LogP contribution in [0.5, 0.6) is 0 Å². The summed E-state index contributed by atoms with van der Waals surface area (Å²) in [7, 11) is 0. The second kappa shape index (κ2) is 15.1. The molecule has 4 nitrogen and oxygen atoms in total. The molecule has 0 radical (unpaired) electrons. The highest BCUT2D eigenvalue weighted by atomic mass is 16.3. The second-order valence-corrected chi connectivity index (χ2v) is 23.3. The quantitative estimate of drug-likeness (QED) is 0.164. The summed E-state index contributed by atoms with van der Waals surface area (Å²) in [5, 5.41) is 2.26. The molecule has 2 unspecified atom stereocenters. The Morgan fingerprint density at radius 2 is 1.26 bits per heavy atom. The first-order valence-electron chi connectivity index (χ1n) is 26.6. The van der Waals surface area contributed by atoms with Gasteiger partial charge in [-0.25, -0.2) is 0 Å². The largest absolute Gasteiger partial charge is 0.454 e. The number of aryl methyl sites for hydroxylation is 1. The van der Waals surface area contributed by atoms with E-state index in [9.17, 15) is 0 Å². The fraction of sp³-hybridized carbons (Fsp3) is 0.206. The van der Waals surface area contributed by atoms with Crippen LogP contribution in [0.25, 0.3) is 44.2 Å². The lowest BCUT2D eigenvalue weighted by molar-refractivity contribution is 0.195. The van der Waals surface area contributed by atoms with Gasteiger partial charge in [0.15, 0.2) is 5.58 Å².